The van der Waals surface area contributed by atoms with Crippen LogP contribution in [-0.2, 0) is 9.53 Å². The molecule has 0 heterocycles. The predicted octanol–water partition coefficient (Wildman–Crippen LogP) is 5.03. The molecule has 2 nitrogen and oxygen atoms in total. The van der Waals surface area contributed by atoms with E-state index in [-0.39, 0.29) is 5.97 Å². The summed E-state index contributed by atoms with van der Waals surface area (Å²) in [5.74, 6) is -0.0450. The van der Waals surface area contributed by atoms with Gasteiger partial charge in [-0.15, -0.1) is 0 Å². The first-order valence-corrected chi connectivity index (χ1v) is 7.61. The maximum atomic E-state index is 11.1. The second-order valence-corrected chi connectivity index (χ2v) is 4.79. The van der Waals surface area contributed by atoms with Gasteiger partial charge in [-0.25, -0.2) is 0 Å². The minimum Gasteiger partial charge on any atom is -0.466 e. The highest BCUT2D eigenvalue weighted by Gasteiger charge is 1.99. The van der Waals surface area contributed by atoms with Crippen LogP contribution < -0.4 is 0 Å². The van der Waals surface area contributed by atoms with E-state index in [9.17, 15) is 4.79 Å². The second-order valence-electron chi connectivity index (χ2n) is 4.79. The number of esters is 1. The van der Waals surface area contributed by atoms with Crippen LogP contribution in [0.15, 0.2) is 12.2 Å². The standard InChI is InChI=1S/C16H30O2/c1-3-5-6-7-8-9-10-11-12-13-15-18-16(17)14-4-2/h7-8H,3-6,9-15H2,1-2H3. The van der Waals surface area contributed by atoms with E-state index < -0.39 is 0 Å². The van der Waals surface area contributed by atoms with Crippen molar-refractivity contribution in [2.45, 2.75) is 78.1 Å². The van der Waals surface area contributed by atoms with Gasteiger partial charge in [0.25, 0.3) is 0 Å². The Morgan fingerprint density at radius 3 is 2.22 bits per heavy atom. The van der Waals surface area contributed by atoms with E-state index in [1.54, 1.807) is 0 Å². The van der Waals surface area contributed by atoms with Gasteiger partial charge >= 0.3 is 5.97 Å². The van der Waals surface area contributed by atoms with Crippen LogP contribution in [0.4, 0.5) is 0 Å². The molecule has 0 amide bonds. The Morgan fingerprint density at radius 2 is 1.56 bits per heavy atom. The Hall–Kier alpha value is -0.790. The summed E-state index contributed by atoms with van der Waals surface area (Å²) in [6, 6.07) is 0. The minimum atomic E-state index is -0.0450. The summed E-state index contributed by atoms with van der Waals surface area (Å²) in [5.41, 5.74) is 0. The Balaban J connectivity index is 3.11. The van der Waals surface area contributed by atoms with Crippen molar-refractivity contribution >= 4 is 5.97 Å². The lowest BCUT2D eigenvalue weighted by Crippen LogP contribution is -2.04. The van der Waals surface area contributed by atoms with Crippen molar-refractivity contribution in [1.29, 1.82) is 0 Å². The lowest BCUT2D eigenvalue weighted by Gasteiger charge is -2.03. The molecular formula is C16H30O2. The number of rotatable bonds is 12. The fourth-order valence-electron chi connectivity index (χ4n) is 1.74. The summed E-state index contributed by atoms with van der Waals surface area (Å²) in [6.07, 6.45) is 15.7. The fourth-order valence-corrected chi connectivity index (χ4v) is 1.74. The van der Waals surface area contributed by atoms with Crippen LogP contribution in [0.1, 0.15) is 78.1 Å². The van der Waals surface area contributed by atoms with Gasteiger partial charge < -0.3 is 4.74 Å². The molecule has 0 aromatic rings. The molecule has 2 heteroatoms. The van der Waals surface area contributed by atoms with E-state index in [4.69, 9.17) is 4.74 Å². The van der Waals surface area contributed by atoms with E-state index in [1.807, 2.05) is 6.92 Å². The predicted molar refractivity (Wildman–Crippen MR) is 77.6 cm³/mol. The molecule has 0 atom stereocenters. The van der Waals surface area contributed by atoms with Gasteiger partial charge in [-0.2, -0.15) is 0 Å². The Kier molecular flexibility index (Phi) is 13.6. The Labute approximate surface area is 113 Å². The zero-order valence-corrected chi connectivity index (χ0v) is 12.2. The van der Waals surface area contributed by atoms with Crippen molar-refractivity contribution in [3.63, 3.8) is 0 Å². The summed E-state index contributed by atoms with van der Waals surface area (Å²) in [7, 11) is 0. The number of unbranched alkanes of at least 4 members (excludes halogenated alkanes) is 6. The molecule has 0 aromatic heterocycles. The van der Waals surface area contributed by atoms with Gasteiger partial charge in [0.1, 0.15) is 0 Å². The number of carbonyl (C=O) groups is 1. The lowest BCUT2D eigenvalue weighted by molar-refractivity contribution is -0.143. The number of hydrogen-bond acceptors (Lipinski definition) is 2. The van der Waals surface area contributed by atoms with Gasteiger partial charge in [-0.1, -0.05) is 51.7 Å². The number of allylic oxidation sites excluding steroid dienone is 2. The van der Waals surface area contributed by atoms with E-state index in [2.05, 4.69) is 19.1 Å². The topological polar surface area (TPSA) is 26.3 Å². The monoisotopic (exact) mass is 254 g/mol. The second kappa shape index (κ2) is 14.3. The first-order valence-electron chi connectivity index (χ1n) is 7.61. The molecule has 18 heavy (non-hydrogen) atoms. The van der Waals surface area contributed by atoms with E-state index >= 15 is 0 Å². The maximum absolute atomic E-state index is 11.1. The molecule has 0 aromatic carbocycles. The molecule has 0 aliphatic heterocycles. The summed E-state index contributed by atoms with van der Waals surface area (Å²) in [6.45, 7) is 4.82. The van der Waals surface area contributed by atoms with Gasteiger partial charge in [0.2, 0.25) is 0 Å². The van der Waals surface area contributed by atoms with Crippen LogP contribution in [0.5, 0.6) is 0 Å². The first kappa shape index (κ1) is 17.2. The molecule has 0 radical (unpaired) electrons. The van der Waals surface area contributed by atoms with Gasteiger partial charge in [0, 0.05) is 6.42 Å². The zero-order valence-electron chi connectivity index (χ0n) is 12.2. The largest absolute Gasteiger partial charge is 0.466 e. The third kappa shape index (κ3) is 13.3. The Bertz CT molecular complexity index is 209. The van der Waals surface area contributed by atoms with Crippen LogP contribution >= 0.6 is 0 Å². The van der Waals surface area contributed by atoms with Gasteiger partial charge in [-0.3, -0.25) is 4.79 Å². The highest BCUT2D eigenvalue weighted by molar-refractivity contribution is 5.69. The van der Waals surface area contributed by atoms with Crippen molar-refractivity contribution in [3.05, 3.63) is 12.2 Å². The molecule has 0 bridgehead atoms. The van der Waals surface area contributed by atoms with Gasteiger partial charge in [0.15, 0.2) is 0 Å². The van der Waals surface area contributed by atoms with Crippen LogP contribution in [0.25, 0.3) is 0 Å². The minimum absolute atomic E-state index is 0.0450. The molecule has 0 saturated heterocycles. The van der Waals surface area contributed by atoms with Crippen LogP contribution in [0.2, 0.25) is 0 Å². The summed E-state index contributed by atoms with van der Waals surface area (Å²) >= 11 is 0. The first-order chi connectivity index (χ1) is 8.81. The van der Waals surface area contributed by atoms with Gasteiger partial charge in [0.05, 0.1) is 6.61 Å². The van der Waals surface area contributed by atoms with E-state index in [0.717, 1.165) is 12.8 Å². The van der Waals surface area contributed by atoms with Crippen LogP contribution in [0.3, 0.4) is 0 Å². The van der Waals surface area contributed by atoms with E-state index in [0.29, 0.717) is 13.0 Å². The fraction of sp³-hybridized carbons (Fsp3) is 0.812. The van der Waals surface area contributed by atoms with Crippen molar-refractivity contribution in [1.82, 2.24) is 0 Å². The Morgan fingerprint density at radius 1 is 0.889 bits per heavy atom. The van der Waals surface area contributed by atoms with Crippen LogP contribution in [-0.4, -0.2) is 12.6 Å². The molecule has 0 rings (SSSR count). The quantitative estimate of drug-likeness (QED) is 0.277. The SMILES string of the molecule is CCCCC=CCCCCCCOC(=O)CCC. The average Bonchev–Trinajstić information content (AvgIpc) is 2.36. The highest BCUT2D eigenvalue weighted by Crippen LogP contribution is 2.05. The third-order valence-electron chi connectivity index (χ3n) is 2.87. The third-order valence-corrected chi connectivity index (χ3v) is 2.87. The molecular weight excluding hydrogens is 224 g/mol. The van der Waals surface area contributed by atoms with Crippen molar-refractivity contribution in [3.8, 4) is 0 Å². The zero-order chi connectivity index (χ0) is 13.5. The van der Waals surface area contributed by atoms with Crippen molar-refractivity contribution < 1.29 is 9.53 Å². The van der Waals surface area contributed by atoms with Crippen molar-refractivity contribution in [2.75, 3.05) is 6.61 Å². The van der Waals surface area contributed by atoms with Crippen molar-refractivity contribution in [2.24, 2.45) is 0 Å². The number of ether oxygens (including phenoxy) is 1. The lowest BCUT2D eigenvalue weighted by atomic mass is 10.1. The summed E-state index contributed by atoms with van der Waals surface area (Å²) in [5, 5.41) is 0. The molecule has 0 aliphatic rings. The summed E-state index contributed by atoms with van der Waals surface area (Å²) < 4.78 is 5.10. The van der Waals surface area contributed by atoms with Crippen LogP contribution in [0, 0.1) is 0 Å². The average molecular weight is 254 g/mol. The maximum Gasteiger partial charge on any atom is 0.305 e. The summed E-state index contributed by atoms with van der Waals surface area (Å²) in [4.78, 5) is 11.1. The van der Waals surface area contributed by atoms with E-state index in [1.165, 1.54) is 44.9 Å². The number of carbonyl (C=O) groups excluding carboxylic acids is 1. The molecule has 0 spiro atoms. The molecule has 0 fully saturated rings. The normalized spacial score (nSPS) is 11.0. The smallest absolute Gasteiger partial charge is 0.305 e. The highest BCUT2D eigenvalue weighted by atomic mass is 16.5. The molecule has 0 N–H and O–H groups in total. The molecule has 0 aliphatic carbocycles. The molecule has 0 saturated carbocycles. The molecule has 106 valence electrons. The van der Waals surface area contributed by atoms with Gasteiger partial charge in [-0.05, 0) is 32.1 Å². The number of hydrogen-bond donors (Lipinski definition) is 0. The molecule has 0 unspecified atom stereocenters.